The van der Waals surface area contributed by atoms with E-state index in [1.807, 2.05) is 0 Å². The van der Waals surface area contributed by atoms with E-state index < -0.39 is 31.7 Å². The van der Waals surface area contributed by atoms with E-state index >= 15 is 0 Å². The molecule has 0 aliphatic carbocycles. The molecule has 0 aromatic rings. The average molecular weight is 621 g/mol. The number of nitrogens with zero attached hydrogens (tertiary/aromatic N) is 2. The van der Waals surface area contributed by atoms with Crippen LogP contribution in [0.3, 0.4) is 0 Å². The van der Waals surface area contributed by atoms with Crippen molar-refractivity contribution in [3.05, 3.63) is 24.3 Å². The van der Waals surface area contributed by atoms with Crippen LogP contribution < -0.4 is 0 Å². The molecule has 0 saturated heterocycles. The molecule has 0 aliphatic heterocycles. The molecule has 0 heterocycles. The van der Waals surface area contributed by atoms with Crippen LogP contribution in [-0.2, 0) is 29.8 Å². The number of rotatable bonds is 20. The number of unbranched alkanes of at least 4 members (excludes halogenated alkanes) is 10. The summed E-state index contributed by atoms with van der Waals surface area (Å²) >= 11 is 0. The molecule has 224 valence electrons. The van der Waals surface area contributed by atoms with Crippen LogP contribution in [0.2, 0.25) is 0 Å². The maximum Gasteiger partial charge on any atom is 2.00 e. The minimum atomic E-state index is -4.26. The van der Waals surface area contributed by atoms with Crippen molar-refractivity contribution in [2.24, 2.45) is 0 Å². The van der Waals surface area contributed by atoms with Gasteiger partial charge in [-0.2, -0.15) is 0 Å². The van der Waals surface area contributed by atoms with Crippen molar-refractivity contribution in [3.8, 4) is 0 Å². The number of carbonyl (C=O) groups is 2. The first kappa shape index (κ1) is 43.0. The molecule has 0 bridgehead atoms. The number of amides is 2. The third kappa shape index (κ3) is 33.6. The first-order valence-electron chi connectivity index (χ1n) is 13.4. The Bertz CT molecular complexity index is 833. The molecule has 2 amide bonds. The Morgan fingerprint density at radius 3 is 1.21 bits per heavy atom. The molecule has 0 unspecified atom stereocenters. The first-order valence-corrected chi connectivity index (χ1v) is 16.6. The molecule has 0 saturated carbocycles. The Morgan fingerprint density at radius 1 is 0.615 bits per heavy atom. The van der Waals surface area contributed by atoms with Crippen molar-refractivity contribution in [2.45, 2.75) is 90.9 Å². The van der Waals surface area contributed by atoms with Gasteiger partial charge in [-0.1, -0.05) is 77.4 Å². The van der Waals surface area contributed by atoms with Crippen LogP contribution in [0, 0.1) is 0 Å². The summed E-state index contributed by atoms with van der Waals surface area (Å²) in [6.45, 7) is 4.20. The van der Waals surface area contributed by atoms with Gasteiger partial charge in [-0.15, -0.1) is 0 Å². The van der Waals surface area contributed by atoms with Crippen LogP contribution in [0.25, 0.3) is 0 Å². The second-order valence-electron chi connectivity index (χ2n) is 9.25. The Balaban J connectivity index is -0.000000648. The Hall–Kier alpha value is -0.500. The molecule has 0 fully saturated rings. The summed E-state index contributed by atoms with van der Waals surface area (Å²) in [6.07, 6.45) is 20.0. The standard InChI is InChI=1S/2C13H25NO4S.Ca/c2*1-3-4-5-6-7-8-9-10-13(15)14(2)11-12-19(16,17)18;/h2*9-10H,3-8,11-12H2,1-2H3,(H,16,17,18);/q;;+2/p-2/b2*10-9+;. The molecule has 13 heteroatoms. The molecule has 0 aromatic heterocycles. The van der Waals surface area contributed by atoms with E-state index in [2.05, 4.69) is 13.8 Å². The van der Waals surface area contributed by atoms with Crippen molar-refractivity contribution in [1.29, 1.82) is 0 Å². The smallest absolute Gasteiger partial charge is 0.748 e. The minimum absolute atomic E-state index is 0. The van der Waals surface area contributed by atoms with Crippen LogP contribution in [0.5, 0.6) is 0 Å². The summed E-state index contributed by atoms with van der Waals surface area (Å²) < 4.78 is 62.6. The van der Waals surface area contributed by atoms with E-state index in [0.29, 0.717) is 0 Å². The summed E-state index contributed by atoms with van der Waals surface area (Å²) in [5.74, 6) is -1.62. The van der Waals surface area contributed by atoms with Crippen LogP contribution in [0.15, 0.2) is 24.3 Å². The van der Waals surface area contributed by atoms with Gasteiger partial charge in [0.1, 0.15) is 0 Å². The molecular formula is C26H48CaN2O8S2. The Kier molecular flexibility index (Phi) is 29.1. The SMILES string of the molecule is CCCCCCC/C=C/C(=O)N(C)CCS(=O)(=O)[O-].CCCCCCC/C=C/C(=O)N(C)CCS(=O)(=O)[O-].[Ca+2]. The molecule has 0 spiro atoms. The molecule has 0 aromatic carbocycles. The van der Waals surface area contributed by atoms with Gasteiger partial charge in [-0.05, 0) is 37.8 Å². The predicted octanol–water partition coefficient (Wildman–Crippen LogP) is 3.43. The zero-order valence-corrected chi connectivity index (χ0v) is 28.1. The third-order valence-corrected chi connectivity index (χ3v) is 6.94. The molecule has 10 nitrogen and oxygen atoms in total. The van der Waals surface area contributed by atoms with E-state index in [0.717, 1.165) is 38.5 Å². The average Bonchev–Trinajstić information content (AvgIpc) is 2.83. The van der Waals surface area contributed by atoms with Gasteiger partial charge in [0, 0.05) is 27.2 Å². The summed E-state index contributed by atoms with van der Waals surface area (Å²) in [6, 6.07) is 0. The van der Waals surface area contributed by atoms with Crippen molar-refractivity contribution >= 4 is 69.8 Å². The molecular weight excluding hydrogens is 573 g/mol. The quantitative estimate of drug-likeness (QED) is 0.0868. The van der Waals surface area contributed by atoms with Gasteiger partial charge in [0.25, 0.3) is 0 Å². The monoisotopic (exact) mass is 620 g/mol. The summed E-state index contributed by atoms with van der Waals surface area (Å²) in [4.78, 5) is 25.6. The van der Waals surface area contributed by atoms with Crippen molar-refractivity contribution < 1.29 is 35.5 Å². The Morgan fingerprint density at radius 2 is 0.923 bits per heavy atom. The van der Waals surface area contributed by atoms with Gasteiger partial charge in [0.05, 0.1) is 31.7 Å². The third-order valence-electron chi connectivity index (χ3n) is 5.58. The normalized spacial score (nSPS) is 11.6. The molecule has 39 heavy (non-hydrogen) atoms. The number of allylic oxidation sites excluding steroid dienone is 2. The zero-order chi connectivity index (χ0) is 29.5. The van der Waals surface area contributed by atoms with Gasteiger partial charge < -0.3 is 18.9 Å². The van der Waals surface area contributed by atoms with E-state index in [1.54, 1.807) is 12.2 Å². The fraction of sp³-hybridized carbons (Fsp3) is 0.769. The summed E-state index contributed by atoms with van der Waals surface area (Å²) in [5.41, 5.74) is 0. The second-order valence-corrected chi connectivity index (χ2v) is 12.3. The molecule has 0 aliphatic rings. The number of hydrogen-bond acceptors (Lipinski definition) is 8. The van der Waals surface area contributed by atoms with Crippen molar-refractivity contribution in [3.63, 3.8) is 0 Å². The van der Waals surface area contributed by atoms with E-state index in [9.17, 15) is 35.5 Å². The molecule has 0 rings (SSSR count). The van der Waals surface area contributed by atoms with Crippen LogP contribution in [0.1, 0.15) is 90.9 Å². The Labute approximate surface area is 267 Å². The first-order chi connectivity index (χ1) is 17.7. The molecule has 0 atom stereocenters. The number of carbonyl (C=O) groups excluding carboxylic acids is 2. The van der Waals surface area contributed by atoms with E-state index in [1.165, 1.54) is 74.6 Å². The van der Waals surface area contributed by atoms with Gasteiger partial charge in [0.15, 0.2) is 0 Å². The molecule has 0 N–H and O–H groups in total. The fourth-order valence-electron chi connectivity index (χ4n) is 3.07. The largest absolute Gasteiger partial charge is 2.00 e. The van der Waals surface area contributed by atoms with Gasteiger partial charge >= 0.3 is 37.7 Å². The van der Waals surface area contributed by atoms with E-state index in [4.69, 9.17) is 0 Å². The van der Waals surface area contributed by atoms with Crippen molar-refractivity contribution in [2.75, 3.05) is 38.7 Å². The van der Waals surface area contributed by atoms with Crippen LogP contribution >= 0.6 is 0 Å². The summed E-state index contributed by atoms with van der Waals surface area (Å²) in [5, 5.41) is 0. The maximum absolute atomic E-state index is 11.5. The number of likely N-dealkylation sites (N-methyl/N-ethyl adjacent to an activating group) is 2. The van der Waals surface area contributed by atoms with E-state index in [-0.39, 0.29) is 62.6 Å². The number of hydrogen-bond donors (Lipinski definition) is 0. The molecule has 0 radical (unpaired) electrons. The van der Waals surface area contributed by atoms with Gasteiger partial charge in [-0.3, -0.25) is 9.59 Å². The van der Waals surface area contributed by atoms with Crippen molar-refractivity contribution in [1.82, 2.24) is 9.80 Å². The fourth-order valence-corrected chi connectivity index (χ4v) is 4.07. The van der Waals surface area contributed by atoms with Crippen LogP contribution in [-0.4, -0.2) is 124 Å². The van der Waals surface area contributed by atoms with Crippen LogP contribution in [0.4, 0.5) is 0 Å². The summed E-state index contributed by atoms with van der Waals surface area (Å²) in [7, 11) is -5.55. The maximum atomic E-state index is 11.5. The minimum Gasteiger partial charge on any atom is -0.748 e. The van der Waals surface area contributed by atoms with Gasteiger partial charge in [0.2, 0.25) is 11.8 Å². The van der Waals surface area contributed by atoms with Gasteiger partial charge in [-0.25, -0.2) is 16.8 Å². The topological polar surface area (TPSA) is 155 Å². The predicted molar refractivity (Wildman–Crippen MR) is 155 cm³/mol. The second kappa shape index (κ2) is 26.4. The zero-order valence-electron chi connectivity index (χ0n) is 24.3.